The molecule has 0 saturated carbocycles. The van der Waals surface area contributed by atoms with Crippen LogP contribution in [0.2, 0.25) is 0 Å². The predicted molar refractivity (Wildman–Crippen MR) is 116 cm³/mol. The molecule has 1 unspecified atom stereocenters. The topological polar surface area (TPSA) is 43.4 Å². The molecular formula is C24H48NNaO2. The Balaban J connectivity index is 0. The molecule has 0 aromatic carbocycles. The number of carbonyl (C=O) groups excluding carboxylic acids is 1. The van der Waals surface area contributed by atoms with E-state index in [1.54, 1.807) is 0 Å². The van der Waals surface area contributed by atoms with E-state index in [0.717, 1.165) is 25.9 Å². The van der Waals surface area contributed by atoms with Gasteiger partial charge in [0.25, 0.3) is 0 Å². The summed E-state index contributed by atoms with van der Waals surface area (Å²) in [4.78, 5) is 13.5. The van der Waals surface area contributed by atoms with Crippen LogP contribution in [0.25, 0.3) is 0 Å². The van der Waals surface area contributed by atoms with E-state index in [0.29, 0.717) is 6.04 Å². The van der Waals surface area contributed by atoms with Crippen LogP contribution in [0.15, 0.2) is 0 Å². The summed E-state index contributed by atoms with van der Waals surface area (Å²) in [7, 11) is 0. The summed E-state index contributed by atoms with van der Waals surface area (Å²) in [6.45, 7) is 8.99. The zero-order valence-corrected chi connectivity index (χ0v) is 21.8. The Bertz CT molecular complexity index is 308. The van der Waals surface area contributed by atoms with Crippen LogP contribution in [0.1, 0.15) is 130 Å². The zero-order valence-electron chi connectivity index (χ0n) is 19.8. The van der Waals surface area contributed by atoms with Crippen molar-refractivity contribution in [2.24, 2.45) is 0 Å². The predicted octanol–water partition coefficient (Wildman–Crippen LogP) is 3.10. The second-order valence-corrected chi connectivity index (χ2v) is 8.25. The smallest absolute Gasteiger partial charge is 0.550 e. The van der Waals surface area contributed by atoms with Gasteiger partial charge in [0.05, 0.1) is 0 Å². The molecule has 0 aliphatic heterocycles. The van der Waals surface area contributed by atoms with Gasteiger partial charge in [0.2, 0.25) is 0 Å². The Morgan fingerprint density at radius 1 is 0.714 bits per heavy atom. The van der Waals surface area contributed by atoms with Gasteiger partial charge in [0.1, 0.15) is 0 Å². The number of nitrogens with zero attached hydrogens (tertiary/aromatic N) is 1. The van der Waals surface area contributed by atoms with E-state index in [-0.39, 0.29) is 36.0 Å². The van der Waals surface area contributed by atoms with Crippen LogP contribution in [0, 0.1) is 0 Å². The molecule has 0 spiro atoms. The molecule has 1 atom stereocenters. The third-order valence-corrected chi connectivity index (χ3v) is 5.77. The Morgan fingerprint density at radius 2 is 1.11 bits per heavy atom. The maximum Gasteiger partial charge on any atom is 1.00 e. The van der Waals surface area contributed by atoms with E-state index < -0.39 is 5.97 Å². The molecule has 0 fully saturated rings. The van der Waals surface area contributed by atoms with Gasteiger partial charge < -0.3 is 14.8 Å². The number of rotatable bonds is 21. The molecule has 0 bridgehead atoms. The number of aliphatic carboxylic acids is 1. The normalized spacial score (nSPS) is 12.1. The fourth-order valence-corrected chi connectivity index (χ4v) is 3.95. The van der Waals surface area contributed by atoms with Gasteiger partial charge in [-0.25, -0.2) is 0 Å². The quantitative estimate of drug-likeness (QED) is 0.218. The van der Waals surface area contributed by atoms with E-state index in [1.807, 2.05) is 0 Å². The summed E-state index contributed by atoms with van der Waals surface area (Å²) in [5.41, 5.74) is 0. The minimum absolute atomic E-state index is 0. The SMILES string of the molecule is CCCCCCCCCN(CCCCCCCCC)C(CC)CCC(=O)[O-].[Na+]. The first-order valence-electron chi connectivity index (χ1n) is 12.1. The van der Waals surface area contributed by atoms with Crippen molar-refractivity contribution < 1.29 is 39.5 Å². The van der Waals surface area contributed by atoms with Crippen molar-refractivity contribution in [3.63, 3.8) is 0 Å². The number of hydrogen-bond donors (Lipinski definition) is 0. The molecule has 0 aliphatic carbocycles. The molecular weight excluding hydrogens is 357 g/mol. The van der Waals surface area contributed by atoms with Crippen LogP contribution in [-0.2, 0) is 4.79 Å². The first-order valence-corrected chi connectivity index (χ1v) is 12.1. The van der Waals surface area contributed by atoms with Crippen LogP contribution in [0.3, 0.4) is 0 Å². The molecule has 0 aromatic heterocycles. The number of carboxylic acids is 1. The van der Waals surface area contributed by atoms with Crippen LogP contribution in [0.4, 0.5) is 0 Å². The minimum atomic E-state index is -0.903. The maximum absolute atomic E-state index is 10.9. The molecule has 0 aliphatic rings. The van der Waals surface area contributed by atoms with E-state index in [4.69, 9.17) is 0 Å². The van der Waals surface area contributed by atoms with Crippen LogP contribution < -0.4 is 34.7 Å². The minimum Gasteiger partial charge on any atom is -0.550 e. The van der Waals surface area contributed by atoms with Gasteiger partial charge in [-0.05, 0) is 45.2 Å². The van der Waals surface area contributed by atoms with Crippen molar-refractivity contribution in [2.45, 2.75) is 136 Å². The summed E-state index contributed by atoms with van der Waals surface area (Å²) in [5, 5.41) is 10.9. The third kappa shape index (κ3) is 19.7. The molecule has 0 heterocycles. The van der Waals surface area contributed by atoms with E-state index in [9.17, 15) is 9.90 Å². The van der Waals surface area contributed by atoms with Gasteiger partial charge in [-0.3, -0.25) is 0 Å². The Morgan fingerprint density at radius 3 is 1.46 bits per heavy atom. The van der Waals surface area contributed by atoms with Gasteiger partial charge in [-0.1, -0.05) is 97.8 Å². The molecule has 0 saturated heterocycles. The Kier molecular flexibility index (Phi) is 25.9. The summed E-state index contributed by atoms with van der Waals surface area (Å²) in [6.07, 6.45) is 20.7. The van der Waals surface area contributed by atoms with Crippen molar-refractivity contribution in [3.8, 4) is 0 Å². The van der Waals surface area contributed by atoms with E-state index in [2.05, 4.69) is 25.7 Å². The van der Waals surface area contributed by atoms with Gasteiger partial charge >= 0.3 is 29.6 Å². The molecule has 0 radical (unpaired) electrons. The molecule has 0 amide bonds. The summed E-state index contributed by atoms with van der Waals surface area (Å²) >= 11 is 0. The second-order valence-electron chi connectivity index (χ2n) is 8.25. The first-order chi connectivity index (χ1) is 13.2. The van der Waals surface area contributed by atoms with Crippen molar-refractivity contribution in [3.05, 3.63) is 0 Å². The van der Waals surface area contributed by atoms with Gasteiger partial charge in [-0.2, -0.15) is 0 Å². The van der Waals surface area contributed by atoms with E-state index in [1.165, 1.54) is 89.9 Å². The molecule has 162 valence electrons. The van der Waals surface area contributed by atoms with Gasteiger partial charge in [0, 0.05) is 12.0 Å². The average molecular weight is 406 g/mol. The van der Waals surface area contributed by atoms with Crippen molar-refractivity contribution >= 4 is 5.97 Å². The summed E-state index contributed by atoms with van der Waals surface area (Å²) in [5.74, 6) is -0.903. The molecule has 28 heavy (non-hydrogen) atoms. The standard InChI is InChI=1S/C24H49NO2.Na/c1-4-7-9-11-13-15-17-21-25(23(6-3)19-20-24(26)27)22-18-16-14-12-10-8-5-2;/h23H,4-22H2,1-3H3,(H,26,27);/q;+1/p-1. The van der Waals surface area contributed by atoms with E-state index >= 15 is 0 Å². The number of unbranched alkanes of at least 4 members (excludes halogenated alkanes) is 12. The fourth-order valence-electron chi connectivity index (χ4n) is 3.95. The van der Waals surface area contributed by atoms with Crippen molar-refractivity contribution in [1.29, 1.82) is 0 Å². The summed E-state index contributed by atoms with van der Waals surface area (Å²) < 4.78 is 0. The molecule has 0 aromatic rings. The monoisotopic (exact) mass is 405 g/mol. The van der Waals surface area contributed by atoms with Gasteiger partial charge in [0.15, 0.2) is 0 Å². The fraction of sp³-hybridized carbons (Fsp3) is 0.958. The van der Waals surface area contributed by atoms with Crippen molar-refractivity contribution in [1.82, 2.24) is 4.90 Å². The van der Waals surface area contributed by atoms with Crippen molar-refractivity contribution in [2.75, 3.05) is 13.1 Å². The maximum atomic E-state index is 10.9. The molecule has 0 N–H and O–H groups in total. The van der Waals surface area contributed by atoms with Crippen LogP contribution in [-0.4, -0.2) is 30.0 Å². The summed E-state index contributed by atoms with van der Waals surface area (Å²) in [6, 6.07) is 0.406. The second kappa shape index (κ2) is 23.7. The Hall–Kier alpha value is 0.430. The van der Waals surface area contributed by atoms with Crippen LogP contribution >= 0.6 is 0 Å². The average Bonchev–Trinajstić information content (AvgIpc) is 2.66. The largest absolute Gasteiger partial charge is 1.00 e. The van der Waals surface area contributed by atoms with Crippen LogP contribution in [0.5, 0.6) is 0 Å². The number of carbonyl (C=O) groups is 1. The van der Waals surface area contributed by atoms with Gasteiger partial charge in [-0.15, -0.1) is 0 Å². The number of hydrogen-bond acceptors (Lipinski definition) is 3. The molecule has 4 heteroatoms. The zero-order chi connectivity index (χ0) is 20.2. The Labute approximate surface area is 198 Å². The molecule has 3 nitrogen and oxygen atoms in total. The first kappa shape index (κ1) is 30.6. The number of carboxylic acid groups (broad SMARTS) is 1. The third-order valence-electron chi connectivity index (χ3n) is 5.77. The molecule has 0 rings (SSSR count).